The fraction of sp³-hybridized carbons (Fsp3) is 0.241. The molecule has 0 radical (unpaired) electrons. The Kier molecular flexibility index (Phi) is 7.35. The Morgan fingerprint density at radius 1 is 0.921 bits per heavy atom. The van der Waals surface area contributed by atoms with Crippen LogP contribution in [-0.2, 0) is 4.79 Å². The van der Waals surface area contributed by atoms with Gasteiger partial charge in [0.2, 0.25) is 11.9 Å². The number of benzene rings is 2. The molecule has 0 bridgehead atoms. The van der Waals surface area contributed by atoms with Crippen molar-refractivity contribution in [2.24, 2.45) is 0 Å². The zero-order valence-electron chi connectivity index (χ0n) is 21.7. The predicted octanol–water partition coefficient (Wildman–Crippen LogP) is 4.33. The summed E-state index contributed by atoms with van der Waals surface area (Å²) in [5.41, 5.74) is 3.55. The first-order valence-electron chi connectivity index (χ1n) is 12.4. The summed E-state index contributed by atoms with van der Waals surface area (Å²) >= 11 is 0. The zero-order chi connectivity index (χ0) is 26.5. The number of hydrogen-bond acceptors (Lipinski definition) is 8. The largest absolute Gasteiger partial charge is 0.493 e. The first-order valence-corrected chi connectivity index (χ1v) is 12.4. The van der Waals surface area contributed by atoms with Gasteiger partial charge in [-0.3, -0.25) is 4.79 Å². The molecule has 194 valence electrons. The summed E-state index contributed by atoms with van der Waals surface area (Å²) in [7, 11) is 3.17. The average molecular weight is 511 g/mol. The molecule has 0 aliphatic carbocycles. The molecule has 3 heterocycles. The third-order valence-corrected chi connectivity index (χ3v) is 6.54. The van der Waals surface area contributed by atoms with E-state index in [1.165, 1.54) is 6.08 Å². The smallest absolute Gasteiger partial charge is 0.248 e. The van der Waals surface area contributed by atoms with Crippen molar-refractivity contribution in [2.75, 3.05) is 55.5 Å². The number of hydrogen-bond donors (Lipinski definition) is 1. The van der Waals surface area contributed by atoms with Crippen LogP contribution in [0.5, 0.6) is 11.5 Å². The zero-order valence-corrected chi connectivity index (χ0v) is 21.7. The fourth-order valence-electron chi connectivity index (χ4n) is 4.52. The van der Waals surface area contributed by atoms with E-state index < -0.39 is 0 Å². The predicted molar refractivity (Wildman–Crippen MR) is 150 cm³/mol. The van der Waals surface area contributed by atoms with E-state index in [1.807, 2.05) is 36.4 Å². The number of nitrogens with one attached hydrogen (secondary N) is 1. The van der Waals surface area contributed by atoms with Gasteiger partial charge in [0.25, 0.3) is 0 Å². The second-order valence-corrected chi connectivity index (χ2v) is 8.99. The van der Waals surface area contributed by atoms with Crippen molar-refractivity contribution in [1.29, 1.82) is 0 Å². The number of amides is 1. The van der Waals surface area contributed by atoms with Crippen molar-refractivity contribution in [1.82, 2.24) is 15.0 Å². The van der Waals surface area contributed by atoms with E-state index in [0.717, 1.165) is 60.0 Å². The Morgan fingerprint density at radius 2 is 1.66 bits per heavy atom. The van der Waals surface area contributed by atoms with Gasteiger partial charge >= 0.3 is 0 Å². The molecule has 4 aromatic rings. The third kappa shape index (κ3) is 5.51. The Bertz CT molecular complexity index is 1470. The molecule has 1 aliphatic heterocycles. The van der Waals surface area contributed by atoms with Crippen LogP contribution in [0.3, 0.4) is 0 Å². The maximum Gasteiger partial charge on any atom is 0.248 e. The van der Waals surface area contributed by atoms with E-state index in [1.54, 1.807) is 38.8 Å². The summed E-state index contributed by atoms with van der Waals surface area (Å²) in [6.45, 7) is 5.44. The Balaban J connectivity index is 1.25. The maximum atomic E-state index is 12.6. The van der Waals surface area contributed by atoms with Crippen molar-refractivity contribution < 1.29 is 14.3 Å². The average Bonchev–Trinajstić information content (AvgIpc) is 2.96. The molecule has 2 aromatic carbocycles. The second-order valence-electron chi connectivity index (χ2n) is 8.99. The van der Waals surface area contributed by atoms with Crippen LogP contribution in [0, 0.1) is 6.92 Å². The summed E-state index contributed by atoms with van der Waals surface area (Å²) in [6, 6.07) is 15.2. The SMILES string of the molecule is COc1ccc(/C=C/C(=O)Nc2ccc3nc(N4CCN(c5ncccn5)CC4)cc(C)c3c2)cc1OC. The van der Waals surface area contributed by atoms with Gasteiger partial charge in [-0.25, -0.2) is 15.0 Å². The van der Waals surface area contributed by atoms with Crippen LogP contribution in [0.25, 0.3) is 17.0 Å². The lowest BCUT2D eigenvalue weighted by Gasteiger charge is -2.35. The number of carbonyl (C=O) groups excluding carboxylic acids is 1. The first kappa shape index (κ1) is 25.0. The van der Waals surface area contributed by atoms with Crippen LogP contribution in [0.4, 0.5) is 17.5 Å². The minimum absolute atomic E-state index is 0.221. The third-order valence-electron chi connectivity index (χ3n) is 6.54. The molecule has 0 saturated carbocycles. The van der Waals surface area contributed by atoms with Gasteiger partial charge in [-0.2, -0.15) is 0 Å². The summed E-state index contributed by atoms with van der Waals surface area (Å²) in [5, 5.41) is 3.95. The van der Waals surface area contributed by atoms with E-state index in [2.05, 4.69) is 38.1 Å². The molecule has 0 unspecified atom stereocenters. The number of carbonyl (C=O) groups is 1. The molecule has 1 N–H and O–H groups in total. The molecule has 1 fully saturated rings. The number of piperazine rings is 1. The van der Waals surface area contributed by atoms with Gasteiger partial charge in [0.1, 0.15) is 5.82 Å². The molecule has 1 saturated heterocycles. The van der Waals surface area contributed by atoms with Crippen LogP contribution in [0.1, 0.15) is 11.1 Å². The van der Waals surface area contributed by atoms with E-state index in [4.69, 9.17) is 14.5 Å². The van der Waals surface area contributed by atoms with E-state index >= 15 is 0 Å². The van der Waals surface area contributed by atoms with Gasteiger partial charge in [0.05, 0.1) is 19.7 Å². The highest BCUT2D eigenvalue weighted by atomic mass is 16.5. The molecular weight excluding hydrogens is 480 g/mol. The topological polar surface area (TPSA) is 92.7 Å². The molecule has 2 aromatic heterocycles. The van der Waals surface area contributed by atoms with Crippen LogP contribution in [0.15, 0.2) is 67.0 Å². The van der Waals surface area contributed by atoms with Gasteiger partial charge < -0.3 is 24.6 Å². The molecule has 9 heteroatoms. The summed E-state index contributed by atoms with van der Waals surface area (Å²) < 4.78 is 10.6. The monoisotopic (exact) mass is 510 g/mol. The fourth-order valence-corrected chi connectivity index (χ4v) is 4.52. The highest BCUT2D eigenvalue weighted by molar-refractivity contribution is 6.03. The molecule has 0 spiro atoms. The van der Waals surface area contributed by atoms with E-state index in [-0.39, 0.29) is 5.91 Å². The number of anilines is 3. The van der Waals surface area contributed by atoms with Crippen LogP contribution >= 0.6 is 0 Å². The first-order chi connectivity index (χ1) is 18.5. The lowest BCUT2D eigenvalue weighted by atomic mass is 10.1. The lowest BCUT2D eigenvalue weighted by Crippen LogP contribution is -2.47. The summed E-state index contributed by atoms with van der Waals surface area (Å²) in [6.07, 6.45) is 6.78. The number of nitrogens with zero attached hydrogens (tertiary/aromatic N) is 5. The number of aryl methyl sites for hydroxylation is 1. The lowest BCUT2D eigenvalue weighted by molar-refractivity contribution is -0.111. The van der Waals surface area contributed by atoms with Gasteiger partial charge in [-0.05, 0) is 66.6 Å². The van der Waals surface area contributed by atoms with Crippen LogP contribution < -0.4 is 24.6 Å². The Labute approximate surface area is 221 Å². The van der Waals surface area contributed by atoms with Gasteiger partial charge in [0, 0.05) is 55.7 Å². The highest BCUT2D eigenvalue weighted by Crippen LogP contribution is 2.28. The summed E-state index contributed by atoms with van der Waals surface area (Å²) in [4.78, 5) is 30.7. The van der Waals surface area contributed by atoms with Crippen molar-refractivity contribution in [3.05, 3.63) is 78.1 Å². The molecule has 5 rings (SSSR count). The number of fused-ring (bicyclic) bond motifs is 1. The van der Waals surface area contributed by atoms with E-state index in [0.29, 0.717) is 17.2 Å². The number of methoxy groups -OCH3 is 2. The number of pyridine rings is 1. The minimum atomic E-state index is -0.221. The number of aromatic nitrogens is 3. The molecule has 1 amide bonds. The molecule has 0 atom stereocenters. The standard InChI is InChI=1S/C29H30N6O3/c1-20-17-27(34-13-15-35(16-14-34)29-30-11-4-12-31-29)33-24-8-7-22(19-23(20)24)32-28(36)10-6-21-5-9-25(37-2)26(18-21)38-3/h4-12,17-19H,13-16H2,1-3H3,(H,32,36)/b10-6+. The maximum absolute atomic E-state index is 12.6. The van der Waals surface area contributed by atoms with Crippen molar-refractivity contribution in [3.63, 3.8) is 0 Å². The Morgan fingerprint density at radius 3 is 2.39 bits per heavy atom. The Hall–Kier alpha value is -4.66. The molecule has 38 heavy (non-hydrogen) atoms. The summed E-state index contributed by atoms with van der Waals surface area (Å²) in [5.74, 6) is 2.75. The number of ether oxygens (including phenoxy) is 2. The van der Waals surface area contributed by atoms with Crippen LogP contribution in [-0.4, -0.2) is 61.3 Å². The molecule has 9 nitrogen and oxygen atoms in total. The second kappa shape index (κ2) is 11.2. The van der Waals surface area contributed by atoms with Gasteiger partial charge in [0.15, 0.2) is 11.5 Å². The van der Waals surface area contributed by atoms with Crippen molar-refractivity contribution in [2.45, 2.75) is 6.92 Å². The molecule has 1 aliphatic rings. The highest BCUT2D eigenvalue weighted by Gasteiger charge is 2.20. The van der Waals surface area contributed by atoms with Gasteiger partial charge in [-0.1, -0.05) is 6.07 Å². The van der Waals surface area contributed by atoms with E-state index in [9.17, 15) is 4.79 Å². The minimum Gasteiger partial charge on any atom is -0.493 e. The van der Waals surface area contributed by atoms with Crippen LogP contribution in [0.2, 0.25) is 0 Å². The van der Waals surface area contributed by atoms with Crippen molar-refractivity contribution >= 4 is 40.3 Å². The molecular formula is C29H30N6O3. The quantitative estimate of drug-likeness (QED) is 0.368. The van der Waals surface area contributed by atoms with Crippen molar-refractivity contribution in [3.8, 4) is 11.5 Å². The van der Waals surface area contributed by atoms with Gasteiger partial charge in [-0.15, -0.1) is 0 Å². The normalized spacial score (nSPS) is 13.7. The number of rotatable bonds is 7.